The number of rotatable bonds is 2. The van der Waals surface area contributed by atoms with Crippen molar-refractivity contribution in [2.75, 3.05) is 11.9 Å². The van der Waals surface area contributed by atoms with Crippen LogP contribution >= 0.6 is 0 Å². The summed E-state index contributed by atoms with van der Waals surface area (Å²) in [7, 11) is 0. The zero-order valence-corrected chi connectivity index (χ0v) is 19.7. The van der Waals surface area contributed by atoms with Crippen molar-refractivity contribution < 1.29 is 9.59 Å². The van der Waals surface area contributed by atoms with Crippen molar-refractivity contribution in [3.63, 3.8) is 0 Å². The van der Waals surface area contributed by atoms with Crippen LogP contribution < -0.4 is 10.6 Å². The van der Waals surface area contributed by atoms with E-state index in [4.69, 9.17) is 0 Å². The van der Waals surface area contributed by atoms with E-state index in [1.54, 1.807) is 0 Å². The summed E-state index contributed by atoms with van der Waals surface area (Å²) in [4.78, 5) is 25.7. The summed E-state index contributed by atoms with van der Waals surface area (Å²) in [5.41, 5.74) is 2.22. The fourth-order valence-corrected chi connectivity index (χ4v) is 8.13. The molecular formula is C29H34N2O2. The number of hydrogen-bond donors (Lipinski definition) is 2. The van der Waals surface area contributed by atoms with Gasteiger partial charge in [-0.2, -0.15) is 0 Å². The first-order chi connectivity index (χ1) is 15.9. The van der Waals surface area contributed by atoms with Gasteiger partial charge in [0.1, 0.15) is 0 Å². The SMILES string of the molecule is C[C@]12CCC(=O)C=C1NC[C@@H]1[C@H]2CC[C@]2(C)C(C(=O)Nc3cccc4ccccc34)CC[C@@H]12. The van der Waals surface area contributed by atoms with Gasteiger partial charge >= 0.3 is 0 Å². The lowest BCUT2D eigenvalue weighted by Crippen LogP contribution is -2.57. The average molecular weight is 443 g/mol. The van der Waals surface area contributed by atoms with E-state index < -0.39 is 0 Å². The first-order valence-electron chi connectivity index (χ1n) is 12.7. The standard InChI is InChI=1S/C29H34N2O2/c1-28-15-13-23-21(17-30-26-16-19(32)12-14-29(23,26)2)22(28)10-11-24(28)27(33)31-25-9-5-7-18-6-3-4-8-20(18)25/h3-9,16,21-24,30H,10-15,17H2,1-2H3,(H,31,33)/t21-,22-,23+,24?,28-,29+/m0/s1. The number of anilines is 1. The van der Waals surface area contributed by atoms with Crippen molar-refractivity contribution in [1.29, 1.82) is 0 Å². The van der Waals surface area contributed by atoms with Gasteiger partial charge in [-0.05, 0) is 66.7 Å². The fraction of sp³-hybridized carbons (Fsp3) is 0.517. The molecule has 4 nitrogen and oxygen atoms in total. The molecule has 1 heterocycles. The molecule has 33 heavy (non-hydrogen) atoms. The molecule has 2 saturated carbocycles. The number of piperidine rings is 1. The summed E-state index contributed by atoms with van der Waals surface area (Å²) in [6, 6.07) is 14.4. The highest BCUT2D eigenvalue weighted by molar-refractivity contribution is 6.03. The van der Waals surface area contributed by atoms with Crippen LogP contribution in [0.3, 0.4) is 0 Å². The minimum Gasteiger partial charge on any atom is -0.387 e. The number of amides is 1. The molecule has 0 bridgehead atoms. The number of carbonyl (C=O) groups excluding carboxylic acids is 2. The van der Waals surface area contributed by atoms with Crippen molar-refractivity contribution >= 4 is 28.2 Å². The molecule has 2 N–H and O–H groups in total. The van der Waals surface area contributed by atoms with E-state index in [0.29, 0.717) is 24.2 Å². The van der Waals surface area contributed by atoms with E-state index in [2.05, 4.69) is 42.7 Å². The summed E-state index contributed by atoms with van der Waals surface area (Å²) in [6.45, 7) is 5.70. The third-order valence-electron chi connectivity index (χ3n) is 9.96. The number of carbonyl (C=O) groups is 2. The van der Waals surface area contributed by atoms with Gasteiger partial charge in [0, 0.05) is 47.1 Å². The van der Waals surface area contributed by atoms with Crippen LogP contribution in [-0.2, 0) is 9.59 Å². The second-order valence-electron chi connectivity index (χ2n) is 11.4. The lowest BCUT2D eigenvalue weighted by atomic mass is 9.50. The number of benzene rings is 2. The Morgan fingerprint density at radius 3 is 2.70 bits per heavy atom. The maximum absolute atomic E-state index is 13.6. The second kappa shape index (κ2) is 7.44. The molecule has 0 aromatic heterocycles. The predicted molar refractivity (Wildman–Crippen MR) is 132 cm³/mol. The van der Waals surface area contributed by atoms with Gasteiger partial charge in [0.2, 0.25) is 5.91 Å². The van der Waals surface area contributed by atoms with E-state index >= 15 is 0 Å². The normalized spacial score (nSPS) is 37.4. The van der Waals surface area contributed by atoms with Crippen LogP contribution in [-0.4, -0.2) is 18.2 Å². The molecular weight excluding hydrogens is 408 g/mol. The number of allylic oxidation sites excluding steroid dienone is 2. The summed E-state index contributed by atoms with van der Waals surface area (Å²) in [5.74, 6) is 2.25. The van der Waals surface area contributed by atoms with Crippen LogP contribution in [0.2, 0.25) is 0 Å². The van der Waals surface area contributed by atoms with Crippen molar-refractivity contribution in [2.24, 2.45) is 34.5 Å². The Balaban J connectivity index is 1.25. The van der Waals surface area contributed by atoms with Crippen molar-refractivity contribution in [3.05, 3.63) is 54.2 Å². The summed E-state index contributed by atoms with van der Waals surface area (Å²) < 4.78 is 0. The molecule has 6 rings (SSSR count). The zero-order chi connectivity index (χ0) is 22.8. The Kier molecular flexibility index (Phi) is 4.73. The molecule has 1 unspecified atom stereocenters. The molecule has 0 radical (unpaired) electrons. The lowest BCUT2D eigenvalue weighted by molar-refractivity contribution is -0.127. The molecule has 6 atom stereocenters. The maximum Gasteiger partial charge on any atom is 0.228 e. The van der Waals surface area contributed by atoms with Crippen LogP contribution in [0.25, 0.3) is 10.8 Å². The number of fused-ring (bicyclic) bond motifs is 6. The van der Waals surface area contributed by atoms with Crippen molar-refractivity contribution in [3.8, 4) is 0 Å². The Labute approximate surface area is 196 Å². The minimum absolute atomic E-state index is 0.0412. The van der Waals surface area contributed by atoms with Gasteiger partial charge in [-0.15, -0.1) is 0 Å². The molecule has 1 amide bonds. The highest BCUT2D eigenvalue weighted by Gasteiger charge is 2.60. The molecule has 1 aliphatic heterocycles. The van der Waals surface area contributed by atoms with E-state index in [1.165, 1.54) is 5.70 Å². The van der Waals surface area contributed by atoms with Crippen LogP contribution in [0.15, 0.2) is 54.2 Å². The van der Waals surface area contributed by atoms with Gasteiger partial charge in [0.05, 0.1) is 0 Å². The number of hydrogen-bond acceptors (Lipinski definition) is 3. The Bertz CT molecular complexity index is 1160. The van der Waals surface area contributed by atoms with E-state index in [9.17, 15) is 9.59 Å². The molecule has 172 valence electrons. The van der Waals surface area contributed by atoms with Crippen LogP contribution in [0.1, 0.15) is 52.4 Å². The van der Waals surface area contributed by atoms with Gasteiger partial charge in [-0.1, -0.05) is 50.2 Å². The topological polar surface area (TPSA) is 58.2 Å². The molecule has 2 aromatic carbocycles. The maximum atomic E-state index is 13.6. The first-order valence-corrected chi connectivity index (χ1v) is 12.7. The molecule has 1 saturated heterocycles. The third kappa shape index (κ3) is 3.09. The average Bonchev–Trinajstić information content (AvgIpc) is 3.17. The van der Waals surface area contributed by atoms with Crippen molar-refractivity contribution in [2.45, 2.75) is 52.4 Å². The van der Waals surface area contributed by atoms with Gasteiger partial charge in [-0.25, -0.2) is 0 Å². The Morgan fingerprint density at radius 1 is 1.00 bits per heavy atom. The molecule has 2 aromatic rings. The lowest BCUT2D eigenvalue weighted by Gasteiger charge is -2.58. The molecule has 0 spiro atoms. The summed E-state index contributed by atoms with van der Waals surface area (Å²) in [5, 5.41) is 9.24. The van der Waals surface area contributed by atoms with E-state index in [0.717, 1.165) is 55.1 Å². The highest BCUT2D eigenvalue weighted by atomic mass is 16.2. The molecule has 3 aliphatic carbocycles. The highest BCUT2D eigenvalue weighted by Crippen LogP contribution is 2.64. The van der Waals surface area contributed by atoms with Crippen molar-refractivity contribution in [1.82, 2.24) is 5.32 Å². The van der Waals surface area contributed by atoms with Gasteiger partial charge in [-0.3, -0.25) is 9.59 Å². The van der Waals surface area contributed by atoms with E-state index in [1.807, 2.05) is 30.3 Å². The number of ketones is 1. The van der Waals surface area contributed by atoms with Crippen LogP contribution in [0.5, 0.6) is 0 Å². The van der Waals surface area contributed by atoms with Crippen LogP contribution in [0, 0.1) is 34.5 Å². The monoisotopic (exact) mass is 442 g/mol. The fourth-order valence-electron chi connectivity index (χ4n) is 8.13. The largest absolute Gasteiger partial charge is 0.387 e. The Morgan fingerprint density at radius 2 is 1.82 bits per heavy atom. The minimum atomic E-state index is 0.0412. The third-order valence-corrected chi connectivity index (χ3v) is 9.96. The first kappa shape index (κ1) is 20.9. The van der Waals surface area contributed by atoms with E-state index in [-0.39, 0.29) is 28.4 Å². The Hall–Kier alpha value is -2.62. The second-order valence-corrected chi connectivity index (χ2v) is 11.4. The smallest absolute Gasteiger partial charge is 0.228 e. The van der Waals surface area contributed by atoms with Crippen LogP contribution in [0.4, 0.5) is 5.69 Å². The van der Waals surface area contributed by atoms with Gasteiger partial charge in [0.25, 0.3) is 0 Å². The summed E-state index contributed by atoms with van der Waals surface area (Å²) >= 11 is 0. The van der Waals surface area contributed by atoms with Gasteiger partial charge in [0.15, 0.2) is 5.78 Å². The predicted octanol–water partition coefficient (Wildman–Crippen LogP) is 5.69. The molecule has 4 aliphatic rings. The summed E-state index contributed by atoms with van der Waals surface area (Å²) in [6.07, 6.45) is 7.86. The zero-order valence-electron chi connectivity index (χ0n) is 19.7. The quantitative estimate of drug-likeness (QED) is 0.628. The number of nitrogens with one attached hydrogen (secondary N) is 2. The molecule has 4 heteroatoms. The molecule has 3 fully saturated rings. The van der Waals surface area contributed by atoms with Gasteiger partial charge < -0.3 is 10.6 Å².